The van der Waals surface area contributed by atoms with Crippen LogP contribution in [0, 0.1) is 5.92 Å². The molecule has 2 aliphatic heterocycles. The number of carbonyl (C=O) groups is 2. The molecule has 0 amide bonds. The van der Waals surface area contributed by atoms with Gasteiger partial charge in [0.2, 0.25) is 0 Å². The Morgan fingerprint density at radius 1 is 1.32 bits per heavy atom. The number of allylic oxidation sites excluding steroid dienone is 1. The van der Waals surface area contributed by atoms with E-state index in [1.165, 1.54) is 10.9 Å². The van der Waals surface area contributed by atoms with Crippen LogP contribution in [0.5, 0.6) is 0 Å². The van der Waals surface area contributed by atoms with Gasteiger partial charge in [-0.2, -0.15) is 0 Å². The van der Waals surface area contributed by atoms with Crippen molar-refractivity contribution < 1.29 is 23.8 Å². The van der Waals surface area contributed by atoms with Crippen molar-refractivity contribution in [2.24, 2.45) is 5.92 Å². The van der Waals surface area contributed by atoms with Crippen molar-refractivity contribution in [3.63, 3.8) is 0 Å². The van der Waals surface area contributed by atoms with Crippen molar-refractivity contribution in [2.75, 3.05) is 6.61 Å². The average Bonchev–Trinajstić information content (AvgIpc) is 3.42. The summed E-state index contributed by atoms with van der Waals surface area (Å²) in [6.07, 6.45) is 6.24. The number of para-hydroxylation sites is 1. The Morgan fingerprint density at radius 3 is 3.00 bits per heavy atom. The lowest BCUT2D eigenvalue weighted by molar-refractivity contribution is -0.143. The summed E-state index contributed by atoms with van der Waals surface area (Å²) in [6.45, 7) is 6.36. The lowest BCUT2D eigenvalue weighted by Gasteiger charge is -2.20. The number of fused-ring (bicyclic) bond motifs is 4. The topological polar surface area (TPSA) is 100 Å². The molecule has 2 saturated heterocycles. The zero-order valence-corrected chi connectivity index (χ0v) is 19.2. The second-order valence-electron chi connectivity index (χ2n) is 9.46. The minimum Gasteiger partial charge on any atom is -0.461 e. The van der Waals surface area contributed by atoms with Crippen molar-refractivity contribution in [2.45, 2.75) is 63.4 Å². The van der Waals surface area contributed by atoms with Crippen LogP contribution in [0.4, 0.5) is 0 Å². The van der Waals surface area contributed by atoms with Crippen LogP contribution in [-0.2, 0) is 30.3 Å². The third-order valence-corrected chi connectivity index (χ3v) is 7.15. The number of aromatic nitrogens is 2. The van der Waals surface area contributed by atoms with E-state index in [1.54, 1.807) is 18.2 Å². The van der Waals surface area contributed by atoms with Gasteiger partial charge in [0.25, 0.3) is 5.56 Å². The molecule has 2 fully saturated rings. The van der Waals surface area contributed by atoms with Gasteiger partial charge in [0.1, 0.15) is 18.8 Å². The van der Waals surface area contributed by atoms with E-state index in [-0.39, 0.29) is 60.8 Å². The van der Waals surface area contributed by atoms with Gasteiger partial charge in [-0.3, -0.25) is 14.2 Å². The van der Waals surface area contributed by atoms with Crippen molar-refractivity contribution in [3.05, 3.63) is 64.7 Å². The molecule has 0 radical (unpaired) electrons. The van der Waals surface area contributed by atoms with Crippen molar-refractivity contribution in [3.8, 4) is 0 Å². The van der Waals surface area contributed by atoms with E-state index in [4.69, 9.17) is 14.2 Å². The van der Waals surface area contributed by atoms with E-state index in [0.29, 0.717) is 29.3 Å². The number of hydrogen-bond acceptors (Lipinski definition) is 7. The maximum absolute atomic E-state index is 12.6. The van der Waals surface area contributed by atoms with Crippen LogP contribution < -0.4 is 5.56 Å². The molecule has 3 aliphatic rings. The molecule has 8 nitrogen and oxygen atoms in total. The van der Waals surface area contributed by atoms with Gasteiger partial charge in [0.15, 0.2) is 0 Å². The summed E-state index contributed by atoms with van der Waals surface area (Å²) < 4.78 is 18.5. The minimum atomic E-state index is -0.378. The van der Waals surface area contributed by atoms with Gasteiger partial charge in [0, 0.05) is 18.0 Å². The molecule has 1 aromatic carbocycles. The molecular weight excluding hydrogens is 436 g/mol. The predicted octanol–water partition coefficient (Wildman–Crippen LogP) is 3.09. The van der Waals surface area contributed by atoms with Gasteiger partial charge in [-0.1, -0.05) is 24.8 Å². The SMILES string of the molecule is C=C1C(=O)O[C@H]2[C@H]1CCC(COC(=O)CCn1cnc3ccccc3c1=O)=CCC[C@@]1(C)O[C@@H]21. The Morgan fingerprint density at radius 2 is 2.15 bits per heavy atom. The second-order valence-corrected chi connectivity index (χ2v) is 9.46. The molecule has 3 heterocycles. The van der Waals surface area contributed by atoms with Crippen LogP contribution in [0.15, 0.2) is 59.2 Å². The van der Waals surface area contributed by atoms with Crippen LogP contribution in [-0.4, -0.2) is 45.9 Å². The Labute approximate surface area is 197 Å². The fourth-order valence-electron chi connectivity index (χ4n) is 4.97. The third kappa shape index (κ3) is 4.30. The summed E-state index contributed by atoms with van der Waals surface area (Å²) in [6, 6.07) is 7.12. The Hall–Kier alpha value is -3.26. The lowest BCUT2D eigenvalue weighted by Crippen LogP contribution is -2.29. The highest BCUT2D eigenvalue weighted by Crippen LogP contribution is 2.49. The van der Waals surface area contributed by atoms with Crippen molar-refractivity contribution in [1.82, 2.24) is 9.55 Å². The number of epoxide rings is 1. The monoisotopic (exact) mass is 464 g/mol. The molecule has 4 atom stereocenters. The summed E-state index contributed by atoms with van der Waals surface area (Å²) in [5.74, 6) is -0.816. The van der Waals surface area contributed by atoms with E-state index >= 15 is 0 Å². The average molecular weight is 465 g/mol. The molecule has 0 N–H and O–H groups in total. The largest absolute Gasteiger partial charge is 0.461 e. The minimum absolute atomic E-state index is 0.0741. The molecule has 1 aliphatic carbocycles. The molecule has 5 rings (SSSR count). The molecule has 34 heavy (non-hydrogen) atoms. The van der Waals surface area contributed by atoms with E-state index in [9.17, 15) is 14.4 Å². The maximum atomic E-state index is 12.6. The van der Waals surface area contributed by atoms with Gasteiger partial charge in [-0.25, -0.2) is 9.78 Å². The fourth-order valence-corrected chi connectivity index (χ4v) is 4.97. The van der Waals surface area contributed by atoms with Crippen molar-refractivity contribution in [1.29, 1.82) is 0 Å². The highest BCUT2D eigenvalue weighted by molar-refractivity contribution is 5.91. The van der Waals surface area contributed by atoms with E-state index in [1.807, 2.05) is 13.0 Å². The number of nitrogens with zero attached hydrogens (tertiary/aromatic N) is 2. The molecule has 0 saturated carbocycles. The fraction of sp³-hybridized carbons (Fsp3) is 0.462. The predicted molar refractivity (Wildman–Crippen MR) is 124 cm³/mol. The zero-order chi connectivity index (χ0) is 23.9. The number of rotatable bonds is 5. The first kappa shape index (κ1) is 22.5. The summed E-state index contributed by atoms with van der Waals surface area (Å²) in [7, 11) is 0. The van der Waals surface area contributed by atoms with Crippen LogP contribution in [0.2, 0.25) is 0 Å². The van der Waals surface area contributed by atoms with Crippen LogP contribution in [0.25, 0.3) is 10.9 Å². The van der Waals surface area contributed by atoms with Gasteiger partial charge in [-0.05, 0) is 50.3 Å². The quantitative estimate of drug-likeness (QED) is 0.290. The van der Waals surface area contributed by atoms with Gasteiger partial charge in [-0.15, -0.1) is 0 Å². The van der Waals surface area contributed by atoms with Crippen LogP contribution in [0.3, 0.4) is 0 Å². The normalized spacial score (nSPS) is 28.5. The van der Waals surface area contributed by atoms with Crippen LogP contribution in [0.1, 0.15) is 39.0 Å². The second kappa shape index (κ2) is 8.83. The first-order valence-corrected chi connectivity index (χ1v) is 11.7. The highest BCUT2D eigenvalue weighted by atomic mass is 16.6. The molecule has 1 aromatic heterocycles. The first-order chi connectivity index (χ1) is 16.4. The number of carbonyl (C=O) groups excluding carboxylic acids is 2. The van der Waals surface area contributed by atoms with E-state index < -0.39 is 0 Å². The molecule has 2 aromatic rings. The standard InChI is InChI=1S/C26H28N2O6/c1-16-18-10-9-17(6-5-12-26(2)23(34-26)22(18)33-25(16)31)14-32-21(29)11-13-28-15-27-20-8-4-3-7-19(20)24(28)30/h3-4,6-8,15,18,22-23H,1,5,9-14H2,2H3/t18-,22-,23-,26+/m0/s1. The van der Waals surface area contributed by atoms with Crippen LogP contribution >= 0.6 is 0 Å². The number of aryl methyl sites for hydroxylation is 1. The Kier molecular flexibility index (Phi) is 5.85. The maximum Gasteiger partial charge on any atom is 0.334 e. The van der Waals surface area contributed by atoms with E-state index in [2.05, 4.69) is 17.6 Å². The molecular formula is C26H28N2O6. The number of benzene rings is 1. The summed E-state index contributed by atoms with van der Waals surface area (Å²) >= 11 is 0. The molecule has 0 bridgehead atoms. The Balaban J connectivity index is 1.19. The molecule has 8 heteroatoms. The summed E-state index contributed by atoms with van der Waals surface area (Å²) in [5.41, 5.74) is 1.65. The molecule has 0 spiro atoms. The zero-order valence-electron chi connectivity index (χ0n) is 19.2. The summed E-state index contributed by atoms with van der Waals surface area (Å²) in [5, 5.41) is 0.523. The van der Waals surface area contributed by atoms with Gasteiger partial charge >= 0.3 is 11.9 Å². The Bertz CT molecular complexity index is 1250. The smallest absolute Gasteiger partial charge is 0.334 e. The van der Waals surface area contributed by atoms with Gasteiger partial charge < -0.3 is 14.2 Å². The van der Waals surface area contributed by atoms with Crippen molar-refractivity contribution >= 4 is 22.8 Å². The van der Waals surface area contributed by atoms with Gasteiger partial charge in [0.05, 0.1) is 29.3 Å². The molecule has 0 unspecified atom stereocenters. The lowest BCUT2D eigenvalue weighted by atomic mass is 9.84. The third-order valence-electron chi connectivity index (χ3n) is 7.15. The number of hydrogen-bond donors (Lipinski definition) is 0. The highest BCUT2D eigenvalue weighted by Gasteiger charge is 2.61. The van der Waals surface area contributed by atoms with E-state index in [0.717, 1.165) is 18.4 Å². The number of ether oxygens (including phenoxy) is 3. The molecule has 178 valence electrons. The first-order valence-electron chi connectivity index (χ1n) is 11.7. The number of esters is 2. The summed E-state index contributed by atoms with van der Waals surface area (Å²) in [4.78, 5) is 41.4.